The minimum Gasteiger partial charge on any atom is -0.443 e. The Labute approximate surface area is 119 Å². The zero-order valence-electron chi connectivity index (χ0n) is 12.3. The van der Waals surface area contributed by atoms with Crippen molar-refractivity contribution >= 4 is 22.6 Å². The fourth-order valence-electron chi connectivity index (χ4n) is 2.05. The fourth-order valence-corrected chi connectivity index (χ4v) is 2.05. The summed E-state index contributed by atoms with van der Waals surface area (Å²) in [6, 6.07) is 12.0. The van der Waals surface area contributed by atoms with Crippen molar-refractivity contribution in [1.82, 2.24) is 5.43 Å². The number of aryl methyl sites for hydroxylation is 1. The number of hydrogen-bond donors (Lipinski definition) is 2. The van der Waals surface area contributed by atoms with E-state index in [9.17, 15) is 4.79 Å². The molecule has 0 aliphatic carbocycles. The molecule has 0 atom stereocenters. The van der Waals surface area contributed by atoms with Gasteiger partial charge in [0.15, 0.2) is 0 Å². The van der Waals surface area contributed by atoms with E-state index in [2.05, 4.69) is 10.9 Å². The van der Waals surface area contributed by atoms with Crippen LogP contribution in [-0.2, 0) is 4.74 Å². The summed E-state index contributed by atoms with van der Waals surface area (Å²) in [6.45, 7) is 7.53. The van der Waals surface area contributed by atoms with Crippen molar-refractivity contribution in [2.45, 2.75) is 33.3 Å². The fraction of sp³-hybridized carbons (Fsp3) is 0.312. The topological polar surface area (TPSA) is 50.4 Å². The summed E-state index contributed by atoms with van der Waals surface area (Å²) in [6.07, 6.45) is -0.497. The van der Waals surface area contributed by atoms with Gasteiger partial charge in [-0.15, -0.1) is 0 Å². The molecule has 2 rings (SSSR count). The van der Waals surface area contributed by atoms with Crippen LogP contribution in [0.4, 0.5) is 10.5 Å². The molecule has 0 aliphatic rings. The first kappa shape index (κ1) is 14.2. The standard InChI is InChI=1S/C16H20N2O2/c1-11-7-5-8-12-9-6-10-13(14(11)12)17-18-15(19)20-16(2,3)4/h5-10,17H,1-4H3,(H,18,19). The molecule has 0 saturated heterocycles. The van der Waals surface area contributed by atoms with Crippen molar-refractivity contribution in [2.75, 3.05) is 5.43 Å². The minimum atomic E-state index is -0.513. The molecule has 1 amide bonds. The lowest BCUT2D eigenvalue weighted by Gasteiger charge is -2.20. The molecule has 0 aliphatic heterocycles. The lowest BCUT2D eigenvalue weighted by molar-refractivity contribution is 0.0541. The molecule has 4 nitrogen and oxygen atoms in total. The number of carbonyl (C=O) groups excluding carboxylic acids is 1. The Balaban J connectivity index is 2.17. The number of anilines is 1. The van der Waals surface area contributed by atoms with Gasteiger partial charge in [0.1, 0.15) is 5.60 Å². The maximum absolute atomic E-state index is 11.7. The molecule has 2 aromatic carbocycles. The highest BCUT2D eigenvalue weighted by molar-refractivity contribution is 5.96. The highest BCUT2D eigenvalue weighted by Gasteiger charge is 2.16. The highest BCUT2D eigenvalue weighted by Crippen LogP contribution is 2.26. The molecule has 2 aromatic rings. The molecule has 0 aromatic heterocycles. The van der Waals surface area contributed by atoms with Crippen LogP contribution < -0.4 is 10.9 Å². The number of hydrazine groups is 1. The van der Waals surface area contributed by atoms with Gasteiger partial charge in [-0.3, -0.25) is 5.43 Å². The van der Waals surface area contributed by atoms with Gasteiger partial charge in [-0.2, -0.15) is 0 Å². The SMILES string of the molecule is Cc1cccc2cccc(NNC(=O)OC(C)(C)C)c12. The maximum Gasteiger partial charge on any atom is 0.426 e. The van der Waals surface area contributed by atoms with E-state index in [0.29, 0.717) is 0 Å². The first-order valence-corrected chi connectivity index (χ1v) is 6.60. The number of carbonyl (C=O) groups is 1. The van der Waals surface area contributed by atoms with Crippen molar-refractivity contribution in [3.8, 4) is 0 Å². The van der Waals surface area contributed by atoms with E-state index in [-0.39, 0.29) is 0 Å². The Morgan fingerprint density at radius 3 is 2.40 bits per heavy atom. The van der Waals surface area contributed by atoms with Crippen LogP contribution in [-0.4, -0.2) is 11.7 Å². The molecule has 106 valence electrons. The Bertz CT molecular complexity index is 625. The molecule has 0 saturated carbocycles. The van der Waals surface area contributed by atoms with Crippen LogP contribution in [0.25, 0.3) is 10.8 Å². The number of ether oxygens (including phenoxy) is 1. The van der Waals surface area contributed by atoms with Gasteiger partial charge in [0.2, 0.25) is 0 Å². The van der Waals surface area contributed by atoms with Gasteiger partial charge in [-0.05, 0) is 44.7 Å². The Kier molecular flexibility index (Phi) is 3.84. The molecule has 2 N–H and O–H groups in total. The maximum atomic E-state index is 11.7. The molecular weight excluding hydrogens is 252 g/mol. The van der Waals surface area contributed by atoms with Crippen LogP contribution in [0.3, 0.4) is 0 Å². The van der Waals surface area contributed by atoms with Crippen LogP contribution in [0.5, 0.6) is 0 Å². The van der Waals surface area contributed by atoms with Crippen molar-refractivity contribution in [2.24, 2.45) is 0 Å². The summed E-state index contributed by atoms with van der Waals surface area (Å²) in [4.78, 5) is 11.7. The van der Waals surface area contributed by atoms with Crippen LogP contribution in [0.2, 0.25) is 0 Å². The normalized spacial score (nSPS) is 11.2. The van der Waals surface area contributed by atoms with E-state index in [1.807, 2.05) is 64.1 Å². The highest BCUT2D eigenvalue weighted by atomic mass is 16.6. The number of hydrogen-bond acceptors (Lipinski definition) is 3. The van der Waals surface area contributed by atoms with Crippen LogP contribution in [0.1, 0.15) is 26.3 Å². The van der Waals surface area contributed by atoms with E-state index in [4.69, 9.17) is 4.74 Å². The van der Waals surface area contributed by atoms with Crippen molar-refractivity contribution < 1.29 is 9.53 Å². The third-order valence-electron chi connectivity index (χ3n) is 2.81. The molecule has 0 radical (unpaired) electrons. The van der Waals surface area contributed by atoms with Gasteiger partial charge >= 0.3 is 6.09 Å². The summed E-state index contributed by atoms with van der Waals surface area (Å²) in [7, 11) is 0. The van der Waals surface area contributed by atoms with Crippen molar-refractivity contribution in [3.63, 3.8) is 0 Å². The van der Waals surface area contributed by atoms with Gasteiger partial charge < -0.3 is 4.74 Å². The van der Waals surface area contributed by atoms with E-state index in [1.54, 1.807) is 0 Å². The average Bonchev–Trinajstić information content (AvgIpc) is 2.34. The predicted octanol–water partition coefficient (Wildman–Crippen LogP) is 4.00. The van der Waals surface area contributed by atoms with Crippen molar-refractivity contribution in [3.05, 3.63) is 42.0 Å². The molecule has 0 spiro atoms. The lowest BCUT2D eigenvalue weighted by atomic mass is 10.0. The smallest absolute Gasteiger partial charge is 0.426 e. The van der Waals surface area contributed by atoms with Crippen LogP contribution >= 0.6 is 0 Å². The number of nitrogens with one attached hydrogen (secondary N) is 2. The summed E-state index contributed by atoms with van der Waals surface area (Å²) in [5.74, 6) is 0. The van der Waals surface area contributed by atoms with Crippen LogP contribution in [0.15, 0.2) is 36.4 Å². The zero-order valence-corrected chi connectivity index (χ0v) is 12.3. The van der Waals surface area contributed by atoms with E-state index >= 15 is 0 Å². The number of rotatable bonds is 2. The van der Waals surface area contributed by atoms with Crippen molar-refractivity contribution in [1.29, 1.82) is 0 Å². The quantitative estimate of drug-likeness (QED) is 0.812. The third kappa shape index (κ3) is 3.41. The van der Waals surface area contributed by atoms with Gasteiger partial charge in [-0.1, -0.05) is 30.3 Å². The second kappa shape index (κ2) is 5.41. The predicted molar refractivity (Wildman–Crippen MR) is 81.7 cm³/mol. The second-order valence-electron chi connectivity index (χ2n) is 5.73. The zero-order chi connectivity index (χ0) is 14.8. The number of benzene rings is 2. The molecule has 20 heavy (non-hydrogen) atoms. The molecule has 4 heteroatoms. The summed E-state index contributed by atoms with van der Waals surface area (Å²) in [5, 5.41) is 2.21. The van der Waals surface area contributed by atoms with Gasteiger partial charge in [-0.25, -0.2) is 10.2 Å². The Hall–Kier alpha value is -2.23. The minimum absolute atomic E-state index is 0.497. The Morgan fingerprint density at radius 1 is 1.10 bits per heavy atom. The van der Waals surface area contributed by atoms with Gasteiger partial charge in [0.25, 0.3) is 0 Å². The molecule has 0 heterocycles. The largest absolute Gasteiger partial charge is 0.443 e. The third-order valence-corrected chi connectivity index (χ3v) is 2.81. The molecule has 0 bridgehead atoms. The van der Waals surface area contributed by atoms with E-state index in [0.717, 1.165) is 22.0 Å². The summed E-state index contributed by atoms with van der Waals surface area (Å²) < 4.78 is 5.19. The first-order valence-electron chi connectivity index (χ1n) is 6.60. The summed E-state index contributed by atoms with van der Waals surface area (Å²) in [5.41, 5.74) is 6.98. The molecular formula is C16H20N2O2. The second-order valence-corrected chi connectivity index (χ2v) is 5.73. The van der Waals surface area contributed by atoms with Crippen LogP contribution in [0, 0.1) is 6.92 Å². The summed E-state index contributed by atoms with van der Waals surface area (Å²) >= 11 is 0. The average molecular weight is 272 g/mol. The Morgan fingerprint density at radius 2 is 1.75 bits per heavy atom. The van der Waals surface area contributed by atoms with E-state index < -0.39 is 11.7 Å². The van der Waals surface area contributed by atoms with Gasteiger partial charge in [0, 0.05) is 5.39 Å². The lowest BCUT2D eigenvalue weighted by Crippen LogP contribution is -2.35. The van der Waals surface area contributed by atoms with Gasteiger partial charge in [0.05, 0.1) is 5.69 Å². The first-order chi connectivity index (χ1) is 9.37. The molecule has 0 fully saturated rings. The van der Waals surface area contributed by atoms with E-state index in [1.165, 1.54) is 0 Å². The monoisotopic (exact) mass is 272 g/mol. The molecule has 0 unspecified atom stereocenters. The number of amides is 1. The number of fused-ring (bicyclic) bond motifs is 1.